The van der Waals surface area contributed by atoms with Crippen molar-refractivity contribution in [2.24, 2.45) is 0 Å². The molecule has 4 N–H and O–H groups in total. The highest BCUT2D eigenvalue weighted by molar-refractivity contribution is 5.95. The number of carbonyl (C=O) groups is 1. The molecule has 1 fully saturated rings. The number of carbonyl (C=O) groups excluding carboxylic acids is 1. The van der Waals surface area contributed by atoms with E-state index in [1.807, 2.05) is 6.07 Å². The topological polar surface area (TPSA) is 100 Å². The van der Waals surface area contributed by atoms with Crippen molar-refractivity contribution in [2.75, 3.05) is 64.7 Å². The quantitative estimate of drug-likeness (QED) is 0.247. The van der Waals surface area contributed by atoms with E-state index in [0.29, 0.717) is 34.4 Å². The van der Waals surface area contributed by atoms with E-state index in [-0.39, 0.29) is 36.9 Å². The second-order valence-corrected chi connectivity index (χ2v) is 10.4. The molecule has 3 aromatic rings. The third kappa shape index (κ3) is 8.34. The zero-order valence-electron chi connectivity index (χ0n) is 24.6. The predicted octanol–water partition coefficient (Wildman–Crippen LogP) is 3.92. The van der Waals surface area contributed by atoms with Gasteiger partial charge < -0.3 is 40.0 Å². The summed E-state index contributed by atoms with van der Waals surface area (Å²) in [6.07, 6.45) is -2.94. The van der Waals surface area contributed by atoms with Crippen LogP contribution in [0.25, 0.3) is 10.9 Å². The lowest BCUT2D eigenvalue weighted by Crippen LogP contribution is -2.43. The van der Waals surface area contributed by atoms with E-state index in [1.54, 1.807) is 43.5 Å². The maximum absolute atomic E-state index is 13.6. The number of nitrogens with one attached hydrogen (secondary N) is 3. The molecule has 232 valence electrons. The van der Waals surface area contributed by atoms with Gasteiger partial charge in [-0.2, -0.15) is 13.2 Å². The van der Waals surface area contributed by atoms with Gasteiger partial charge in [-0.15, -0.1) is 0 Å². The van der Waals surface area contributed by atoms with E-state index < -0.39 is 12.7 Å². The standard InChI is InChI=1S/C31H38F3N5O4/c1-35-30(41)21-9-10-27(29(16-21)43-3)36-13-5-6-23-17-25-26(7-4-8-28(25)39(23)20-31(32,33)34)37-22-11-14-38(15-12-22)18-24(19-40)42-2/h4,7-10,16-17,22,24,36-37,40H,11-15,18-20H2,1-3H3,(H,35,41)/t24-/m0/s1. The Morgan fingerprint density at radius 3 is 2.56 bits per heavy atom. The minimum Gasteiger partial charge on any atom is -0.495 e. The minimum absolute atomic E-state index is 0.0344. The van der Waals surface area contributed by atoms with E-state index in [4.69, 9.17) is 9.47 Å². The van der Waals surface area contributed by atoms with Crippen molar-refractivity contribution in [1.82, 2.24) is 14.8 Å². The molecule has 1 aliphatic heterocycles. The number of halogens is 3. The zero-order chi connectivity index (χ0) is 31.0. The molecule has 0 saturated carbocycles. The van der Waals surface area contributed by atoms with Crippen LogP contribution in [0.5, 0.6) is 5.75 Å². The number of aliphatic hydroxyl groups excluding tert-OH is 1. The van der Waals surface area contributed by atoms with Gasteiger partial charge in [0.15, 0.2) is 0 Å². The lowest BCUT2D eigenvalue weighted by Gasteiger charge is -2.34. The molecule has 0 bridgehead atoms. The van der Waals surface area contributed by atoms with E-state index >= 15 is 0 Å². The number of ether oxygens (including phenoxy) is 2. The largest absolute Gasteiger partial charge is 0.495 e. The number of hydrogen-bond donors (Lipinski definition) is 4. The van der Waals surface area contributed by atoms with Crippen molar-refractivity contribution in [1.29, 1.82) is 0 Å². The summed E-state index contributed by atoms with van der Waals surface area (Å²) in [5, 5.41) is 19.3. The number of piperidine rings is 1. The highest BCUT2D eigenvalue weighted by atomic mass is 19.4. The van der Waals surface area contributed by atoms with E-state index in [1.165, 1.54) is 18.7 Å². The summed E-state index contributed by atoms with van der Waals surface area (Å²) in [6, 6.07) is 12.1. The fraction of sp³-hybridized carbons (Fsp3) is 0.452. The second kappa shape index (κ2) is 14.5. The van der Waals surface area contributed by atoms with Gasteiger partial charge in [-0.25, -0.2) is 0 Å². The number of amides is 1. The highest BCUT2D eigenvalue weighted by Crippen LogP contribution is 2.31. The van der Waals surface area contributed by atoms with Crippen LogP contribution in [0.1, 0.15) is 28.9 Å². The number of methoxy groups -OCH3 is 2. The number of nitrogens with zero attached hydrogens (tertiary/aromatic N) is 2. The Bertz CT molecular complexity index is 1450. The van der Waals surface area contributed by atoms with E-state index in [0.717, 1.165) is 31.6 Å². The number of rotatable bonds is 11. The van der Waals surface area contributed by atoms with Gasteiger partial charge in [0.05, 0.1) is 43.3 Å². The molecular formula is C31H38F3N5O4. The van der Waals surface area contributed by atoms with Crippen molar-refractivity contribution in [2.45, 2.75) is 37.7 Å². The number of likely N-dealkylation sites (tertiary alicyclic amines) is 1. The molecule has 0 unspecified atom stereocenters. The molecule has 0 radical (unpaired) electrons. The molecule has 2 aromatic carbocycles. The lowest BCUT2D eigenvalue weighted by atomic mass is 10.0. The third-order valence-electron chi connectivity index (χ3n) is 7.50. The van der Waals surface area contributed by atoms with Gasteiger partial charge in [-0.05, 0) is 55.2 Å². The Kier molecular flexibility index (Phi) is 10.8. The van der Waals surface area contributed by atoms with Gasteiger partial charge in [0.2, 0.25) is 0 Å². The lowest BCUT2D eigenvalue weighted by molar-refractivity contribution is -0.140. The van der Waals surface area contributed by atoms with Gasteiger partial charge in [0, 0.05) is 56.5 Å². The Balaban J connectivity index is 1.51. The maximum Gasteiger partial charge on any atom is 0.406 e. The molecule has 2 heterocycles. The van der Waals surface area contributed by atoms with Gasteiger partial charge in [-0.1, -0.05) is 12.0 Å². The van der Waals surface area contributed by atoms with Crippen molar-refractivity contribution in [3.05, 3.63) is 53.7 Å². The zero-order valence-corrected chi connectivity index (χ0v) is 24.6. The molecule has 4 rings (SSSR count). The Hall–Kier alpha value is -3.92. The van der Waals surface area contributed by atoms with Gasteiger partial charge in [0.25, 0.3) is 5.91 Å². The molecule has 1 saturated heterocycles. The van der Waals surface area contributed by atoms with Gasteiger partial charge >= 0.3 is 6.18 Å². The van der Waals surface area contributed by atoms with Crippen LogP contribution >= 0.6 is 0 Å². The number of aliphatic hydroxyl groups is 1. The van der Waals surface area contributed by atoms with Crippen LogP contribution in [0.3, 0.4) is 0 Å². The van der Waals surface area contributed by atoms with Gasteiger partial charge in [0.1, 0.15) is 12.3 Å². The van der Waals surface area contributed by atoms with Crippen molar-refractivity contribution in [3.8, 4) is 17.6 Å². The summed E-state index contributed by atoms with van der Waals surface area (Å²) < 4.78 is 52.7. The van der Waals surface area contributed by atoms with Crippen molar-refractivity contribution < 1.29 is 32.5 Å². The molecule has 9 nitrogen and oxygen atoms in total. The summed E-state index contributed by atoms with van der Waals surface area (Å²) in [5.41, 5.74) is 2.52. The van der Waals surface area contributed by atoms with Crippen LogP contribution in [-0.4, -0.2) is 92.9 Å². The highest BCUT2D eigenvalue weighted by Gasteiger charge is 2.30. The van der Waals surface area contributed by atoms with Crippen LogP contribution < -0.4 is 20.7 Å². The van der Waals surface area contributed by atoms with Crippen LogP contribution in [-0.2, 0) is 11.3 Å². The van der Waals surface area contributed by atoms with Crippen LogP contribution in [0.4, 0.5) is 24.5 Å². The molecule has 12 heteroatoms. The SMILES string of the molecule is CNC(=O)c1ccc(NCC#Cc2cc3c(NC4CCN(C[C@@H](CO)OC)CC4)cccc3n2CC(F)(F)F)c(OC)c1. The summed E-state index contributed by atoms with van der Waals surface area (Å²) >= 11 is 0. The second-order valence-electron chi connectivity index (χ2n) is 10.4. The fourth-order valence-electron chi connectivity index (χ4n) is 5.24. The van der Waals surface area contributed by atoms with Crippen molar-refractivity contribution >= 4 is 28.2 Å². The fourth-order valence-corrected chi connectivity index (χ4v) is 5.24. The number of hydrogen-bond acceptors (Lipinski definition) is 7. The molecule has 0 spiro atoms. The summed E-state index contributed by atoms with van der Waals surface area (Å²) in [7, 11) is 4.61. The first-order valence-corrected chi connectivity index (χ1v) is 14.1. The maximum atomic E-state index is 13.6. The summed E-state index contributed by atoms with van der Waals surface area (Å²) in [6.45, 7) is 1.26. The first-order chi connectivity index (χ1) is 20.6. The molecule has 0 aliphatic carbocycles. The Labute approximate surface area is 249 Å². The molecule has 1 atom stereocenters. The van der Waals surface area contributed by atoms with Gasteiger partial charge in [-0.3, -0.25) is 4.79 Å². The van der Waals surface area contributed by atoms with E-state index in [9.17, 15) is 23.1 Å². The first kappa shape index (κ1) is 32.0. The normalized spacial score (nSPS) is 15.0. The first-order valence-electron chi connectivity index (χ1n) is 14.1. The van der Waals surface area contributed by atoms with Crippen LogP contribution in [0, 0.1) is 11.8 Å². The number of alkyl halides is 3. The van der Waals surface area contributed by atoms with Crippen LogP contribution in [0.15, 0.2) is 42.5 Å². The van der Waals surface area contributed by atoms with Crippen LogP contribution in [0.2, 0.25) is 0 Å². The molecule has 1 aromatic heterocycles. The molecule has 1 amide bonds. The molecule has 43 heavy (non-hydrogen) atoms. The minimum atomic E-state index is -4.43. The Morgan fingerprint density at radius 2 is 1.91 bits per heavy atom. The number of aromatic nitrogens is 1. The third-order valence-corrected chi connectivity index (χ3v) is 7.50. The number of benzene rings is 2. The smallest absolute Gasteiger partial charge is 0.406 e. The average molecular weight is 602 g/mol. The number of fused-ring (bicyclic) bond motifs is 1. The average Bonchev–Trinajstić information content (AvgIpc) is 3.34. The Morgan fingerprint density at radius 1 is 1.14 bits per heavy atom. The number of anilines is 2. The van der Waals surface area contributed by atoms with Crippen molar-refractivity contribution in [3.63, 3.8) is 0 Å². The summed E-state index contributed by atoms with van der Waals surface area (Å²) in [5.74, 6) is 6.04. The predicted molar refractivity (Wildman–Crippen MR) is 161 cm³/mol. The summed E-state index contributed by atoms with van der Waals surface area (Å²) in [4.78, 5) is 14.2. The molecule has 1 aliphatic rings. The monoisotopic (exact) mass is 601 g/mol. The molecular weight excluding hydrogens is 563 g/mol. The van der Waals surface area contributed by atoms with E-state index in [2.05, 4.69) is 32.7 Å².